The third-order valence-corrected chi connectivity index (χ3v) is 4.89. The highest BCUT2D eigenvalue weighted by Gasteiger charge is 2.36. The lowest BCUT2D eigenvalue weighted by molar-refractivity contribution is 0.0234. The largest absolute Gasteiger partial charge is 0.497 e. The van der Waals surface area contributed by atoms with Crippen molar-refractivity contribution in [3.05, 3.63) is 47.7 Å². The molecule has 3 rings (SSSR count). The van der Waals surface area contributed by atoms with Crippen molar-refractivity contribution in [2.45, 2.75) is 25.0 Å². The molecular weight excluding hydrogens is 348 g/mol. The van der Waals surface area contributed by atoms with Crippen molar-refractivity contribution in [3.8, 4) is 17.4 Å². The van der Waals surface area contributed by atoms with Crippen LogP contribution in [-0.2, 0) is 0 Å². The van der Waals surface area contributed by atoms with Gasteiger partial charge >= 0.3 is 0 Å². The Bertz CT molecular complexity index is 787. The molecule has 1 saturated carbocycles. The van der Waals surface area contributed by atoms with E-state index in [0.717, 1.165) is 5.56 Å². The number of methoxy groups -OCH3 is 3. The van der Waals surface area contributed by atoms with Crippen LogP contribution in [0.15, 0.2) is 36.5 Å². The second kappa shape index (κ2) is 8.26. The van der Waals surface area contributed by atoms with Crippen molar-refractivity contribution in [3.63, 3.8) is 0 Å². The highest BCUT2D eigenvalue weighted by Crippen LogP contribution is 2.38. The van der Waals surface area contributed by atoms with Gasteiger partial charge in [-0.25, -0.2) is 4.98 Å². The summed E-state index contributed by atoms with van der Waals surface area (Å²) in [6, 6.07) is 8.45. The molecule has 7 heteroatoms. The van der Waals surface area contributed by atoms with Crippen molar-refractivity contribution in [2.24, 2.45) is 5.92 Å². The van der Waals surface area contributed by atoms with E-state index in [1.165, 1.54) is 7.11 Å². The van der Waals surface area contributed by atoms with E-state index in [1.807, 2.05) is 6.07 Å². The molecular formula is C20H24N2O5. The molecule has 1 aromatic heterocycles. The molecule has 0 bridgehead atoms. The molecule has 0 spiro atoms. The molecule has 0 saturated heterocycles. The normalized spacial score (nSPS) is 19.6. The zero-order valence-electron chi connectivity index (χ0n) is 15.6. The molecule has 0 unspecified atom stereocenters. The number of aliphatic hydroxyl groups is 1. The van der Waals surface area contributed by atoms with E-state index in [2.05, 4.69) is 10.3 Å². The standard InChI is InChI=1S/C20H24N2O5/c1-25-15-5-6-16(17(10-15)26-2)20(24)22-19(13-8-14(23)9-13)12-4-7-18(27-3)21-11-12/h4-7,10-11,13-14,19,23H,8-9H2,1-3H3,(H,22,24)/t13?,14?,19-/m1/s1. The third kappa shape index (κ3) is 4.14. The molecule has 2 aromatic rings. The predicted molar refractivity (Wildman–Crippen MR) is 99.3 cm³/mol. The molecule has 7 nitrogen and oxygen atoms in total. The zero-order chi connectivity index (χ0) is 19.4. The van der Waals surface area contributed by atoms with Gasteiger partial charge in [0.25, 0.3) is 5.91 Å². The Morgan fingerprint density at radius 3 is 2.48 bits per heavy atom. The maximum atomic E-state index is 12.9. The number of hydrogen-bond acceptors (Lipinski definition) is 6. The van der Waals surface area contributed by atoms with Crippen LogP contribution in [0.1, 0.15) is 34.8 Å². The number of aromatic nitrogens is 1. The molecule has 27 heavy (non-hydrogen) atoms. The summed E-state index contributed by atoms with van der Waals surface area (Å²) in [5.41, 5.74) is 1.29. The Kier molecular flexibility index (Phi) is 5.81. The molecule has 1 aliphatic carbocycles. The number of carbonyl (C=O) groups is 1. The summed E-state index contributed by atoms with van der Waals surface area (Å²) >= 11 is 0. The summed E-state index contributed by atoms with van der Waals surface area (Å²) in [5.74, 6) is 1.45. The lowest BCUT2D eigenvalue weighted by Gasteiger charge is -2.38. The maximum Gasteiger partial charge on any atom is 0.255 e. The SMILES string of the molecule is COc1ccc(C(=O)N[C@H](c2ccc(OC)nc2)C2CC(O)C2)c(OC)c1. The van der Waals surface area contributed by atoms with Crippen molar-refractivity contribution in [1.82, 2.24) is 10.3 Å². The highest BCUT2D eigenvalue weighted by molar-refractivity contribution is 5.97. The van der Waals surface area contributed by atoms with Crippen LogP contribution in [0.5, 0.6) is 17.4 Å². The number of ether oxygens (including phenoxy) is 3. The molecule has 1 fully saturated rings. The summed E-state index contributed by atoms with van der Waals surface area (Å²) < 4.78 is 15.6. The van der Waals surface area contributed by atoms with Crippen LogP contribution in [0, 0.1) is 5.92 Å². The maximum absolute atomic E-state index is 12.9. The number of rotatable bonds is 7. The molecule has 2 N–H and O–H groups in total. The van der Waals surface area contributed by atoms with Gasteiger partial charge in [0, 0.05) is 18.3 Å². The van der Waals surface area contributed by atoms with Gasteiger partial charge in [-0.05, 0) is 36.5 Å². The lowest BCUT2D eigenvalue weighted by Crippen LogP contribution is -2.41. The van der Waals surface area contributed by atoms with E-state index in [9.17, 15) is 9.90 Å². The second-order valence-corrected chi connectivity index (χ2v) is 6.54. The summed E-state index contributed by atoms with van der Waals surface area (Å²) in [4.78, 5) is 17.2. The summed E-state index contributed by atoms with van der Waals surface area (Å²) in [5, 5.41) is 12.8. The van der Waals surface area contributed by atoms with Gasteiger partial charge in [0.1, 0.15) is 11.5 Å². The average molecular weight is 372 g/mol. The van der Waals surface area contributed by atoms with Gasteiger partial charge in [-0.1, -0.05) is 6.07 Å². The fourth-order valence-electron chi connectivity index (χ4n) is 3.28. The van der Waals surface area contributed by atoms with E-state index in [-0.39, 0.29) is 24.0 Å². The van der Waals surface area contributed by atoms with Gasteiger partial charge < -0.3 is 24.6 Å². The highest BCUT2D eigenvalue weighted by atomic mass is 16.5. The van der Waals surface area contributed by atoms with Gasteiger partial charge in [0.05, 0.1) is 39.0 Å². The Labute approximate surface area is 158 Å². The minimum atomic E-state index is -0.323. The van der Waals surface area contributed by atoms with Gasteiger partial charge in [0.2, 0.25) is 5.88 Å². The van der Waals surface area contributed by atoms with Gasteiger partial charge in [0.15, 0.2) is 0 Å². The van der Waals surface area contributed by atoms with Crippen LogP contribution in [-0.4, -0.2) is 43.4 Å². The van der Waals surface area contributed by atoms with Crippen molar-refractivity contribution in [2.75, 3.05) is 21.3 Å². The van der Waals surface area contributed by atoms with Crippen molar-refractivity contribution >= 4 is 5.91 Å². The van der Waals surface area contributed by atoms with E-state index < -0.39 is 0 Å². The van der Waals surface area contributed by atoms with Gasteiger partial charge in [-0.15, -0.1) is 0 Å². The number of nitrogens with zero attached hydrogens (tertiary/aromatic N) is 1. The second-order valence-electron chi connectivity index (χ2n) is 6.54. The van der Waals surface area contributed by atoms with Crippen LogP contribution < -0.4 is 19.5 Å². The number of carbonyl (C=O) groups excluding carboxylic acids is 1. The van der Waals surface area contributed by atoms with Gasteiger partial charge in [-0.3, -0.25) is 4.79 Å². The van der Waals surface area contributed by atoms with Crippen LogP contribution in [0.2, 0.25) is 0 Å². The fraction of sp³-hybridized carbons (Fsp3) is 0.400. The summed E-state index contributed by atoms with van der Waals surface area (Å²) in [6.45, 7) is 0. The first-order valence-corrected chi connectivity index (χ1v) is 8.76. The van der Waals surface area contributed by atoms with Crippen molar-refractivity contribution in [1.29, 1.82) is 0 Å². The topological polar surface area (TPSA) is 89.9 Å². The number of pyridine rings is 1. The number of hydrogen-bond donors (Lipinski definition) is 2. The van der Waals surface area contributed by atoms with E-state index in [1.54, 1.807) is 44.7 Å². The Morgan fingerprint density at radius 1 is 1.15 bits per heavy atom. The van der Waals surface area contributed by atoms with Gasteiger partial charge in [-0.2, -0.15) is 0 Å². The number of aliphatic hydroxyl groups excluding tert-OH is 1. The molecule has 144 valence electrons. The molecule has 1 aromatic carbocycles. The van der Waals surface area contributed by atoms with E-state index >= 15 is 0 Å². The minimum Gasteiger partial charge on any atom is -0.497 e. The first kappa shape index (κ1) is 19.0. The fourth-order valence-corrected chi connectivity index (χ4v) is 3.28. The van der Waals surface area contributed by atoms with E-state index in [4.69, 9.17) is 14.2 Å². The monoisotopic (exact) mass is 372 g/mol. The minimum absolute atomic E-state index is 0.142. The molecule has 0 aliphatic heterocycles. The molecule has 0 radical (unpaired) electrons. The summed E-state index contributed by atoms with van der Waals surface area (Å²) in [6.07, 6.45) is 2.64. The van der Waals surface area contributed by atoms with Crippen LogP contribution >= 0.6 is 0 Å². The first-order valence-electron chi connectivity index (χ1n) is 8.76. The number of nitrogens with one attached hydrogen (secondary N) is 1. The van der Waals surface area contributed by atoms with E-state index in [0.29, 0.717) is 35.8 Å². The Morgan fingerprint density at radius 2 is 1.93 bits per heavy atom. The number of benzene rings is 1. The van der Waals surface area contributed by atoms with Crippen molar-refractivity contribution < 1.29 is 24.1 Å². The molecule has 1 atom stereocenters. The molecule has 1 amide bonds. The Balaban J connectivity index is 1.84. The van der Waals surface area contributed by atoms with Crippen LogP contribution in [0.3, 0.4) is 0 Å². The summed E-state index contributed by atoms with van der Waals surface area (Å²) in [7, 11) is 4.63. The predicted octanol–water partition coefficient (Wildman–Crippen LogP) is 2.35. The smallest absolute Gasteiger partial charge is 0.255 e. The quantitative estimate of drug-likeness (QED) is 0.775. The lowest BCUT2D eigenvalue weighted by atomic mass is 9.75. The number of amides is 1. The van der Waals surface area contributed by atoms with Crippen LogP contribution in [0.25, 0.3) is 0 Å². The Hall–Kier alpha value is -2.80. The third-order valence-electron chi connectivity index (χ3n) is 4.89. The zero-order valence-corrected chi connectivity index (χ0v) is 15.6. The molecule has 1 heterocycles. The molecule has 1 aliphatic rings. The first-order chi connectivity index (χ1) is 13.0. The average Bonchev–Trinajstić information content (AvgIpc) is 2.69. The van der Waals surface area contributed by atoms with Crippen LogP contribution in [0.4, 0.5) is 0 Å².